The van der Waals surface area contributed by atoms with E-state index in [4.69, 9.17) is 4.74 Å². The first-order valence-corrected chi connectivity index (χ1v) is 8.71. The maximum absolute atomic E-state index is 12.3. The molecule has 1 aromatic heterocycles. The Balaban J connectivity index is 1.77. The Bertz CT molecular complexity index is 810. The summed E-state index contributed by atoms with van der Waals surface area (Å²) in [4.78, 5) is 24.8. The van der Waals surface area contributed by atoms with E-state index in [1.807, 2.05) is 32.0 Å². The zero-order chi connectivity index (χ0) is 17.3. The van der Waals surface area contributed by atoms with Gasteiger partial charge in [0.05, 0.1) is 18.6 Å². The van der Waals surface area contributed by atoms with E-state index in [0.717, 1.165) is 33.7 Å². The molecule has 0 saturated carbocycles. The number of carboxylic acids is 1. The second kappa shape index (κ2) is 6.65. The summed E-state index contributed by atoms with van der Waals surface area (Å²) in [6.07, 6.45) is 1.70. The largest absolute Gasteiger partial charge is 0.493 e. The number of nitrogens with one attached hydrogen (secondary N) is 1. The molecule has 6 heteroatoms. The third-order valence-electron chi connectivity index (χ3n) is 4.15. The fraction of sp³-hybridized carbons (Fsp3) is 0.333. The predicted molar refractivity (Wildman–Crippen MR) is 93.4 cm³/mol. The molecule has 2 heterocycles. The highest BCUT2D eigenvalue weighted by molar-refractivity contribution is 7.16. The van der Waals surface area contributed by atoms with E-state index in [-0.39, 0.29) is 17.9 Å². The lowest BCUT2D eigenvalue weighted by Gasteiger charge is -2.06. The number of fused-ring (bicyclic) bond motifs is 1. The standard InChI is InChI=1S/C18H19NO4S/c1-3-13-10(2)24-17(16(13)18(21)22)19-15(20)9-11-4-5-14-12(8-11)6-7-23-14/h4-5,8H,3,6-7,9H2,1-2H3,(H,19,20)(H,21,22). The smallest absolute Gasteiger partial charge is 0.339 e. The Morgan fingerprint density at radius 3 is 2.88 bits per heavy atom. The molecule has 0 unspecified atom stereocenters. The predicted octanol–water partition coefficient (Wildman–Crippen LogP) is 3.43. The molecule has 1 aliphatic rings. The third-order valence-corrected chi connectivity index (χ3v) is 5.21. The van der Waals surface area contributed by atoms with Crippen molar-refractivity contribution in [2.24, 2.45) is 0 Å². The zero-order valence-corrected chi connectivity index (χ0v) is 14.5. The van der Waals surface area contributed by atoms with E-state index in [2.05, 4.69) is 5.32 Å². The lowest BCUT2D eigenvalue weighted by molar-refractivity contribution is -0.115. The molecule has 2 N–H and O–H groups in total. The fourth-order valence-corrected chi connectivity index (χ4v) is 4.18. The average Bonchev–Trinajstić information content (AvgIpc) is 3.10. The minimum absolute atomic E-state index is 0.208. The van der Waals surface area contributed by atoms with Gasteiger partial charge in [0.25, 0.3) is 0 Å². The summed E-state index contributed by atoms with van der Waals surface area (Å²) in [6.45, 7) is 4.48. The topological polar surface area (TPSA) is 75.6 Å². The highest BCUT2D eigenvalue weighted by atomic mass is 32.1. The second-order valence-electron chi connectivity index (χ2n) is 5.77. The summed E-state index contributed by atoms with van der Waals surface area (Å²) >= 11 is 1.32. The number of anilines is 1. The van der Waals surface area contributed by atoms with Crippen LogP contribution >= 0.6 is 11.3 Å². The van der Waals surface area contributed by atoms with E-state index >= 15 is 0 Å². The number of carboxylic acid groups (broad SMARTS) is 1. The Morgan fingerprint density at radius 2 is 2.17 bits per heavy atom. The summed E-state index contributed by atoms with van der Waals surface area (Å²) in [5, 5.41) is 12.6. The number of aryl methyl sites for hydroxylation is 1. The van der Waals surface area contributed by atoms with Crippen molar-refractivity contribution in [3.05, 3.63) is 45.3 Å². The molecule has 1 aromatic carbocycles. The number of carbonyl (C=O) groups is 2. The molecule has 0 radical (unpaired) electrons. The number of ether oxygens (including phenoxy) is 1. The maximum atomic E-state index is 12.3. The monoisotopic (exact) mass is 345 g/mol. The number of benzene rings is 1. The first kappa shape index (κ1) is 16.5. The van der Waals surface area contributed by atoms with Crippen LogP contribution in [0.2, 0.25) is 0 Å². The van der Waals surface area contributed by atoms with Crippen LogP contribution < -0.4 is 10.1 Å². The zero-order valence-electron chi connectivity index (χ0n) is 13.6. The second-order valence-corrected chi connectivity index (χ2v) is 6.99. The number of aromatic carboxylic acids is 1. The number of rotatable bonds is 5. The van der Waals surface area contributed by atoms with Gasteiger partial charge in [0.15, 0.2) is 0 Å². The van der Waals surface area contributed by atoms with E-state index in [1.165, 1.54) is 11.3 Å². The van der Waals surface area contributed by atoms with Crippen LogP contribution in [0.3, 0.4) is 0 Å². The van der Waals surface area contributed by atoms with Crippen molar-refractivity contribution in [1.29, 1.82) is 0 Å². The van der Waals surface area contributed by atoms with Gasteiger partial charge in [0.2, 0.25) is 5.91 Å². The molecule has 126 valence electrons. The molecular formula is C18H19NO4S. The molecule has 1 amide bonds. The molecular weight excluding hydrogens is 326 g/mol. The van der Waals surface area contributed by atoms with Crippen LogP contribution in [0.5, 0.6) is 5.75 Å². The molecule has 0 bridgehead atoms. The number of carbonyl (C=O) groups excluding carboxylic acids is 1. The minimum Gasteiger partial charge on any atom is -0.493 e. The van der Waals surface area contributed by atoms with Gasteiger partial charge in [-0.2, -0.15) is 0 Å². The molecule has 0 saturated heterocycles. The molecule has 0 atom stereocenters. The van der Waals surface area contributed by atoms with Crippen LogP contribution in [0.15, 0.2) is 18.2 Å². The van der Waals surface area contributed by atoms with Crippen LogP contribution in [0.1, 0.15) is 38.8 Å². The van der Waals surface area contributed by atoms with Crippen molar-refractivity contribution in [2.45, 2.75) is 33.1 Å². The van der Waals surface area contributed by atoms with Crippen LogP contribution in [0.4, 0.5) is 5.00 Å². The lowest BCUT2D eigenvalue weighted by atomic mass is 10.1. The number of thiophene rings is 1. The Morgan fingerprint density at radius 1 is 1.38 bits per heavy atom. The average molecular weight is 345 g/mol. The highest BCUT2D eigenvalue weighted by Gasteiger charge is 2.22. The van der Waals surface area contributed by atoms with Crippen molar-refractivity contribution >= 4 is 28.2 Å². The van der Waals surface area contributed by atoms with Gasteiger partial charge in [0.1, 0.15) is 10.8 Å². The van der Waals surface area contributed by atoms with Gasteiger partial charge in [-0.25, -0.2) is 4.79 Å². The highest BCUT2D eigenvalue weighted by Crippen LogP contribution is 2.33. The van der Waals surface area contributed by atoms with Crippen LogP contribution in [0, 0.1) is 6.92 Å². The summed E-state index contributed by atoms with van der Waals surface area (Å²) in [7, 11) is 0. The molecule has 24 heavy (non-hydrogen) atoms. The van der Waals surface area contributed by atoms with Gasteiger partial charge in [0, 0.05) is 11.3 Å². The van der Waals surface area contributed by atoms with E-state index in [1.54, 1.807) is 0 Å². The first-order chi connectivity index (χ1) is 11.5. The molecule has 0 aliphatic carbocycles. The van der Waals surface area contributed by atoms with E-state index < -0.39 is 5.97 Å². The van der Waals surface area contributed by atoms with Crippen LogP contribution in [-0.4, -0.2) is 23.6 Å². The molecule has 5 nitrogen and oxygen atoms in total. The van der Waals surface area contributed by atoms with Gasteiger partial charge in [-0.1, -0.05) is 19.1 Å². The van der Waals surface area contributed by atoms with Crippen LogP contribution in [-0.2, 0) is 24.1 Å². The van der Waals surface area contributed by atoms with E-state index in [9.17, 15) is 14.7 Å². The summed E-state index contributed by atoms with van der Waals surface area (Å²) in [6, 6.07) is 5.74. The maximum Gasteiger partial charge on any atom is 0.339 e. The minimum atomic E-state index is -0.999. The van der Waals surface area contributed by atoms with Crippen molar-refractivity contribution < 1.29 is 19.4 Å². The van der Waals surface area contributed by atoms with Crippen LogP contribution in [0.25, 0.3) is 0 Å². The Labute approximate surface area is 144 Å². The SMILES string of the molecule is CCc1c(C)sc(NC(=O)Cc2ccc3c(c2)CCO3)c1C(=O)O. The number of hydrogen-bond acceptors (Lipinski definition) is 4. The van der Waals surface area contributed by atoms with Crippen molar-refractivity contribution in [3.63, 3.8) is 0 Å². The Hall–Kier alpha value is -2.34. The number of amides is 1. The normalized spacial score (nSPS) is 12.6. The molecule has 1 aliphatic heterocycles. The Kier molecular flexibility index (Phi) is 4.57. The summed E-state index contributed by atoms with van der Waals surface area (Å²) in [5.41, 5.74) is 3.03. The lowest BCUT2D eigenvalue weighted by Crippen LogP contribution is -2.16. The molecule has 0 fully saturated rings. The van der Waals surface area contributed by atoms with E-state index in [0.29, 0.717) is 18.0 Å². The number of hydrogen-bond donors (Lipinski definition) is 2. The van der Waals surface area contributed by atoms with Crippen molar-refractivity contribution in [2.75, 3.05) is 11.9 Å². The third kappa shape index (κ3) is 3.14. The molecule has 0 spiro atoms. The first-order valence-electron chi connectivity index (χ1n) is 7.89. The fourth-order valence-electron chi connectivity index (χ4n) is 3.02. The molecule has 2 aromatic rings. The quantitative estimate of drug-likeness (QED) is 0.870. The molecule has 3 rings (SSSR count). The summed E-state index contributed by atoms with van der Waals surface area (Å²) < 4.78 is 5.46. The van der Waals surface area contributed by atoms with Gasteiger partial charge >= 0.3 is 5.97 Å². The van der Waals surface area contributed by atoms with Gasteiger partial charge in [-0.3, -0.25) is 4.79 Å². The summed E-state index contributed by atoms with van der Waals surface area (Å²) in [5.74, 6) is -0.324. The van der Waals surface area contributed by atoms with Gasteiger partial charge in [-0.15, -0.1) is 11.3 Å². The van der Waals surface area contributed by atoms with Gasteiger partial charge in [-0.05, 0) is 36.1 Å². The van der Waals surface area contributed by atoms with Crippen molar-refractivity contribution in [3.8, 4) is 5.75 Å². The van der Waals surface area contributed by atoms with Gasteiger partial charge < -0.3 is 15.2 Å². The van der Waals surface area contributed by atoms with Crippen molar-refractivity contribution in [1.82, 2.24) is 0 Å².